The molecule has 4 heteroatoms. The molecule has 170 valence electrons. The molecule has 1 aliphatic carbocycles. The van der Waals surface area contributed by atoms with Crippen LogP contribution in [0.1, 0.15) is 74.6 Å². The molecule has 2 aromatic carbocycles. The van der Waals surface area contributed by atoms with E-state index in [2.05, 4.69) is 36.5 Å². The van der Waals surface area contributed by atoms with Gasteiger partial charge in [0.05, 0.1) is 12.0 Å². The number of rotatable bonds is 6. The van der Waals surface area contributed by atoms with Crippen molar-refractivity contribution in [1.82, 2.24) is 10.2 Å². The van der Waals surface area contributed by atoms with Gasteiger partial charge in [0.15, 0.2) is 0 Å². The van der Waals surface area contributed by atoms with Crippen LogP contribution in [0, 0.1) is 11.8 Å². The van der Waals surface area contributed by atoms with Gasteiger partial charge in [0, 0.05) is 24.9 Å². The van der Waals surface area contributed by atoms with Crippen LogP contribution in [-0.2, 0) is 16.0 Å². The number of likely N-dealkylation sites (tertiary alicyclic amines) is 1. The Morgan fingerprint density at radius 2 is 1.66 bits per heavy atom. The Hall–Kier alpha value is -2.62. The molecule has 1 saturated carbocycles. The number of carbonyl (C=O) groups is 2. The number of benzene rings is 2. The molecular formula is C28H36N2O2. The number of amides is 2. The highest BCUT2D eigenvalue weighted by atomic mass is 16.2. The van der Waals surface area contributed by atoms with Crippen molar-refractivity contribution in [3.05, 3.63) is 71.3 Å². The van der Waals surface area contributed by atoms with Crippen LogP contribution in [0.4, 0.5) is 0 Å². The third kappa shape index (κ3) is 5.23. The standard InChI is InChI=1S/C28H36N2O2/c1-3-21-13-15-23(16-14-21)25-17-26(19-30(18-25)28(32)24-11-7-8-12-24)27(31)29-20(2)22-9-5-4-6-10-22/h4-6,9-10,13-16,20,24-26H,3,7-8,11-12,17-19H2,1-2H3,(H,29,31). The summed E-state index contributed by atoms with van der Waals surface area (Å²) in [6, 6.07) is 18.8. The van der Waals surface area contributed by atoms with E-state index in [0.717, 1.165) is 50.6 Å². The Labute approximate surface area is 192 Å². The van der Waals surface area contributed by atoms with Crippen LogP contribution in [0.15, 0.2) is 54.6 Å². The maximum atomic E-state index is 13.3. The van der Waals surface area contributed by atoms with Crippen LogP contribution in [0.2, 0.25) is 0 Å². The van der Waals surface area contributed by atoms with Crippen LogP contribution in [0.5, 0.6) is 0 Å². The molecular weight excluding hydrogens is 396 g/mol. The molecule has 2 fully saturated rings. The van der Waals surface area contributed by atoms with E-state index in [-0.39, 0.29) is 35.6 Å². The maximum Gasteiger partial charge on any atom is 0.225 e. The van der Waals surface area contributed by atoms with Gasteiger partial charge < -0.3 is 10.2 Å². The van der Waals surface area contributed by atoms with Crippen molar-refractivity contribution in [1.29, 1.82) is 0 Å². The van der Waals surface area contributed by atoms with Gasteiger partial charge in [-0.2, -0.15) is 0 Å². The van der Waals surface area contributed by atoms with Gasteiger partial charge in [-0.1, -0.05) is 74.4 Å². The summed E-state index contributed by atoms with van der Waals surface area (Å²) >= 11 is 0. The minimum atomic E-state index is -0.184. The molecule has 3 unspecified atom stereocenters. The van der Waals surface area contributed by atoms with E-state index in [1.54, 1.807) is 0 Å². The smallest absolute Gasteiger partial charge is 0.225 e. The lowest BCUT2D eigenvalue weighted by Gasteiger charge is -2.39. The minimum Gasteiger partial charge on any atom is -0.349 e. The van der Waals surface area contributed by atoms with Crippen molar-refractivity contribution >= 4 is 11.8 Å². The first kappa shape index (κ1) is 22.6. The van der Waals surface area contributed by atoms with Gasteiger partial charge in [-0.15, -0.1) is 0 Å². The van der Waals surface area contributed by atoms with Crippen molar-refractivity contribution in [2.75, 3.05) is 13.1 Å². The van der Waals surface area contributed by atoms with Gasteiger partial charge in [0.25, 0.3) is 0 Å². The zero-order valence-electron chi connectivity index (χ0n) is 19.4. The van der Waals surface area contributed by atoms with Crippen molar-refractivity contribution in [2.45, 2.75) is 64.3 Å². The average molecular weight is 433 g/mol. The number of piperidine rings is 1. The number of aryl methyl sites for hydroxylation is 1. The molecule has 0 radical (unpaired) electrons. The summed E-state index contributed by atoms with van der Waals surface area (Å²) in [5.74, 6) is 0.466. The molecule has 1 heterocycles. The second-order valence-corrected chi connectivity index (χ2v) is 9.59. The van der Waals surface area contributed by atoms with E-state index in [1.807, 2.05) is 42.2 Å². The normalized spacial score (nSPS) is 22.5. The van der Waals surface area contributed by atoms with Gasteiger partial charge in [-0.3, -0.25) is 9.59 Å². The van der Waals surface area contributed by atoms with Crippen molar-refractivity contribution in [2.24, 2.45) is 11.8 Å². The second kappa shape index (κ2) is 10.3. The van der Waals surface area contributed by atoms with Gasteiger partial charge >= 0.3 is 0 Å². The Morgan fingerprint density at radius 1 is 0.969 bits per heavy atom. The van der Waals surface area contributed by atoms with Crippen LogP contribution in [0.3, 0.4) is 0 Å². The predicted octanol–water partition coefficient (Wildman–Crippen LogP) is 5.25. The minimum absolute atomic E-state index is 0.0492. The molecule has 3 atom stereocenters. The summed E-state index contributed by atoms with van der Waals surface area (Å²) < 4.78 is 0. The number of nitrogens with zero attached hydrogens (tertiary/aromatic N) is 1. The summed E-state index contributed by atoms with van der Waals surface area (Å²) in [6.45, 7) is 5.44. The zero-order valence-corrected chi connectivity index (χ0v) is 19.4. The lowest BCUT2D eigenvalue weighted by atomic mass is 9.83. The molecule has 0 aromatic heterocycles. The quantitative estimate of drug-likeness (QED) is 0.678. The second-order valence-electron chi connectivity index (χ2n) is 9.59. The summed E-state index contributed by atoms with van der Waals surface area (Å²) in [4.78, 5) is 28.6. The SMILES string of the molecule is CCc1ccc(C2CC(C(=O)NC(C)c3ccccc3)CN(C(=O)C3CCCC3)C2)cc1. The van der Waals surface area contributed by atoms with Crippen LogP contribution in [-0.4, -0.2) is 29.8 Å². The zero-order chi connectivity index (χ0) is 22.5. The van der Waals surface area contributed by atoms with Gasteiger partial charge in [-0.25, -0.2) is 0 Å². The highest BCUT2D eigenvalue weighted by Gasteiger charge is 2.37. The molecule has 2 amide bonds. The van der Waals surface area contributed by atoms with Crippen molar-refractivity contribution in [3.63, 3.8) is 0 Å². The summed E-state index contributed by atoms with van der Waals surface area (Å²) in [6.07, 6.45) is 6.07. The third-order valence-electron chi connectivity index (χ3n) is 7.36. The van der Waals surface area contributed by atoms with E-state index < -0.39 is 0 Å². The molecule has 0 bridgehead atoms. The van der Waals surface area contributed by atoms with Gasteiger partial charge in [0.2, 0.25) is 11.8 Å². The molecule has 4 rings (SSSR count). The molecule has 2 aromatic rings. The first-order chi connectivity index (χ1) is 15.5. The van der Waals surface area contributed by atoms with Crippen molar-refractivity contribution < 1.29 is 9.59 Å². The number of nitrogens with one attached hydrogen (secondary N) is 1. The molecule has 1 N–H and O–H groups in total. The fraction of sp³-hybridized carbons (Fsp3) is 0.500. The Morgan fingerprint density at radius 3 is 2.31 bits per heavy atom. The lowest BCUT2D eigenvalue weighted by Crippen LogP contribution is -2.49. The molecule has 1 saturated heterocycles. The summed E-state index contributed by atoms with van der Waals surface area (Å²) in [5, 5.41) is 3.21. The van der Waals surface area contributed by atoms with Crippen LogP contribution >= 0.6 is 0 Å². The first-order valence-electron chi connectivity index (χ1n) is 12.3. The first-order valence-corrected chi connectivity index (χ1v) is 12.3. The van der Waals surface area contributed by atoms with Gasteiger partial charge in [0.1, 0.15) is 0 Å². The molecule has 1 aliphatic heterocycles. The van der Waals surface area contributed by atoms with Gasteiger partial charge in [-0.05, 0) is 49.3 Å². The Bertz CT molecular complexity index is 903. The predicted molar refractivity (Wildman–Crippen MR) is 128 cm³/mol. The molecule has 4 nitrogen and oxygen atoms in total. The van der Waals surface area contributed by atoms with E-state index in [1.165, 1.54) is 11.1 Å². The van der Waals surface area contributed by atoms with Crippen LogP contribution < -0.4 is 5.32 Å². The third-order valence-corrected chi connectivity index (χ3v) is 7.36. The van der Waals surface area contributed by atoms with E-state index >= 15 is 0 Å². The number of hydrogen-bond acceptors (Lipinski definition) is 2. The summed E-state index contributed by atoms with van der Waals surface area (Å²) in [7, 11) is 0. The lowest BCUT2D eigenvalue weighted by molar-refractivity contribution is -0.139. The fourth-order valence-corrected chi connectivity index (χ4v) is 5.32. The monoisotopic (exact) mass is 432 g/mol. The molecule has 2 aliphatic rings. The van der Waals surface area contributed by atoms with E-state index in [4.69, 9.17) is 0 Å². The van der Waals surface area contributed by atoms with E-state index in [9.17, 15) is 9.59 Å². The van der Waals surface area contributed by atoms with E-state index in [0.29, 0.717) is 6.54 Å². The largest absolute Gasteiger partial charge is 0.349 e. The topological polar surface area (TPSA) is 49.4 Å². The number of carbonyl (C=O) groups excluding carboxylic acids is 2. The average Bonchev–Trinajstić information content (AvgIpc) is 3.39. The highest BCUT2D eigenvalue weighted by Crippen LogP contribution is 2.34. The Kier molecular flexibility index (Phi) is 7.29. The fourth-order valence-electron chi connectivity index (χ4n) is 5.32. The summed E-state index contributed by atoms with van der Waals surface area (Å²) in [5.41, 5.74) is 3.65. The maximum absolute atomic E-state index is 13.3. The molecule has 32 heavy (non-hydrogen) atoms. The van der Waals surface area contributed by atoms with Crippen molar-refractivity contribution in [3.8, 4) is 0 Å². The number of hydrogen-bond donors (Lipinski definition) is 1. The Balaban J connectivity index is 1.51. The highest BCUT2D eigenvalue weighted by molar-refractivity contribution is 5.83. The van der Waals surface area contributed by atoms with Crippen LogP contribution in [0.25, 0.3) is 0 Å². The molecule has 0 spiro atoms.